The van der Waals surface area contributed by atoms with Gasteiger partial charge in [0.2, 0.25) is 5.88 Å². The van der Waals surface area contributed by atoms with E-state index in [9.17, 15) is 4.79 Å². The van der Waals surface area contributed by atoms with Gasteiger partial charge in [0.15, 0.2) is 5.89 Å². The molecule has 1 amide bonds. The Labute approximate surface area is 151 Å². The van der Waals surface area contributed by atoms with Gasteiger partial charge in [-0.25, -0.2) is 9.97 Å². The fraction of sp³-hybridized carbons (Fsp3) is 0.250. The molecular formula is C20H19N3O3. The van der Waals surface area contributed by atoms with Crippen molar-refractivity contribution in [2.24, 2.45) is 0 Å². The largest absolute Gasteiger partial charge is 0.480 e. The average molecular weight is 349 g/mol. The maximum absolute atomic E-state index is 12.8. The van der Waals surface area contributed by atoms with Gasteiger partial charge in [-0.1, -0.05) is 30.3 Å². The zero-order valence-corrected chi connectivity index (χ0v) is 14.5. The van der Waals surface area contributed by atoms with Crippen LogP contribution < -0.4 is 4.74 Å². The maximum atomic E-state index is 12.8. The van der Waals surface area contributed by atoms with Crippen LogP contribution in [0.1, 0.15) is 33.3 Å². The number of fused-ring (bicyclic) bond motifs is 1. The number of rotatable bonds is 4. The van der Waals surface area contributed by atoms with Gasteiger partial charge in [0.1, 0.15) is 17.0 Å². The minimum absolute atomic E-state index is 0.104. The van der Waals surface area contributed by atoms with Gasteiger partial charge in [0.25, 0.3) is 5.91 Å². The molecule has 3 heterocycles. The highest BCUT2D eigenvalue weighted by Gasteiger charge is 2.27. The summed E-state index contributed by atoms with van der Waals surface area (Å²) >= 11 is 0. The van der Waals surface area contributed by atoms with Crippen molar-refractivity contribution in [2.75, 3.05) is 13.7 Å². The molecule has 0 atom stereocenters. The zero-order chi connectivity index (χ0) is 17.9. The van der Waals surface area contributed by atoms with E-state index >= 15 is 0 Å². The fourth-order valence-electron chi connectivity index (χ4n) is 3.16. The Hall–Kier alpha value is -3.15. The molecule has 0 radical (unpaired) electrons. The summed E-state index contributed by atoms with van der Waals surface area (Å²) in [5.74, 6) is 1.80. The van der Waals surface area contributed by atoms with Crippen molar-refractivity contribution in [1.29, 1.82) is 0 Å². The number of methoxy groups -OCH3 is 1. The van der Waals surface area contributed by atoms with Crippen molar-refractivity contribution in [2.45, 2.75) is 19.4 Å². The molecule has 6 nitrogen and oxygen atoms in total. The summed E-state index contributed by atoms with van der Waals surface area (Å²) in [5, 5.41) is 0. The molecule has 26 heavy (non-hydrogen) atoms. The topological polar surface area (TPSA) is 68.5 Å². The second-order valence-corrected chi connectivity index (χ2v) is 6.18. The van der Waals surface area contributed by atoms with Crippen LogP contribution in [0.5, 0.6) is 5.88 Å². The second kappa shape index (κ2) is 7.00. The van der Waals surface area contributed by atoms with Gasteiger partial charge in [-0.2, -0.15) is 0 Å². The van der Waals surface area contributed by atoms with E-state index in [0.717, 1.165) is 17.0 Å². The molecule has 1 aliphatic heterocycles. The molecular weight excluding hydrogens is 330 g/mol. The molecule has 3 aromatic rings. The van der Waals surface area contributed by atoms with Crippen LogP contribution in [0.25, 0.3) is 0 Å². The number of ether oxygens (including phenoxy) is 1. The van der Waals surface area contributed by atoms with Crippen LogP contribution in [-0.4, -0.2) is 34.4 Å². The third kappa shape index (κ3) is 3.18. The Morgan fingerprint density at radius 2 is 2.08 bits per heavy atom. The number of nitrogens with zero attached hydrogens (tertiary/aromatic N) is 3. The van der Waals surface area contributed by atoms with Crippen molar-refractivity contribution in [1.82, 2.24) is 14.9 Å². The number of carbonyl (C=O) groups is 1. The summed E-state index contributed by atoms with van der Waals surface area (Å²) in [6.07, 6.45) is 2.92. The molecule has 0 fully saturated rings. The summed E-state index contributed by atoms with van der Waals surface area (Å²) in [5.41, 5.74) is 2.45. The van der Waals surface area contributed by atoms with Crippen LogP contribution in [0.4, 0.5) is 0 Å². The molecule has 1 aliphatic rings. The van der Waals surface area contributed by atoms with Crippen molar-refractivity contribution in [3.63, 3.8) is 0 Å². The van der Waals surface area contributed by atoms with Crippen LogP contribution in [-0.2, 0) is 19.4 Å². The van der Waals surface area contributed by atoms with E-state index in [1.165, 1.54) is 7.11 Å². The molecule has 0 bridgehead atoms. The lowest BCUT2D eigenvalue weighted by atomic mass is 10.1. The first kappa shape index (κ1) is 16.3. The van der Waals surface area contributed by atoms with Crippen LogP contribution in [0, 0.1) is 0 Å². The van der Waals surface area contributed by atoms with Gasteiger partial charge in [0.05, 0.1) is 13.7 Å². The standard InChI is InChI=1S/C20H19N3O3/c1-25-19-15(8-5-10-21-19)20(24)23-11-9-17-16(13-23)22-18(26-17)12-14-6-3-2-4-7-14/h2-8,10H,9,11-13H2,1H3. The average Bonchev–Trinajstić information content (AvgIpc) is 3.09. The van der Waals surface area contributed by atoms with Gasteiger partial charge in [-0.3, -0.25) is 4.79 Å². The second-order valence-electron chi connectivity index (χ2n) is 6.18. The Balaban J connectivity index is 1.52. The molecule has 0 unspecified atom stereocenters. The number of benzene rings is 1. The van der Waals surface area contributed by atoms with E-state index in [-0.39, 0.29) is 5.91 Å². The number of pyridine rings is 1. The summed E-state index contributed by atoms with van der Waals surface area (Å²) in [6.45, 7) is 1.02. The lowest BCUT2D eigenvalue weighted by molar-refractivity contribution is 0.0723. The van der Waals surface area contributed by atoms with Gasteiger partial charge in [0, 0.05) is 25.6 Å². The number of hydrogen-bond donors (Lipinski definition) is 0. The monoisotopic (exact) mass is 349 g/mol. The van der Waals surface area contributed by atoms with Gasteiger partial charge >= 0.3 is 0 Å². The van der Waals surface area contributed by atoms with Crippen LogP contribution in [0.3, 0.4) is 0 Å². The SMILES string of the molecule is COc1ncccc1C(=O)N1CCc2oc(Cc3ccccc3)nc2C1. The van der Waals surface area contributed by atoms with Gasteiger partial charge in [-0.15, -0.1) is 0 Å². The molecule has 1 aromatic carbocycles. The molecule has 2 aromatic heterocycles. The van der Waals surface area contributed by atoms with Crippen molar-refractivity contribution in [3.8, 4) is 5.88 Å². The number of aromatic nitrogens is 2. The summed E-state index contributed by atoms with van der Waals surface area (Å²) < 4.78 is 11.1. The minimum atomic E-state index is -0.104. The van der Waals surface area contributed by atoms with Crippen molar-refractivity contribution in [3.05, 3.63) is 77.1 Å². The normalized spacial score (nSPS) is 13.3. The lowest BCUT2D eigenvalue weighted by Gasteiger charge is -2.25. The predicted molar refractivity (Wildman–Crippen MR) is 95.0 cm³/mol. The summed E-state index contributed by atoms with van der Waals surface area (Å²) in [6, 6.07) is 13.5. The van der Waals surface area contributed by atoms with Crippen molar-refractivity contribution >= 4 is 5.91 Å². The van der Waals surface area contributed by atoms with E-state index < -0.39 is 0 Å². The predicted octanol–water partition coefficient (Wildman–Crippen LogP) is 2.87. The molecule has 132 valence electrons. The number of oxazole rings is 1. The van der Waals surface area contributed by atoms with E-state index in [1.807, 2.05) is 30.3 Å². The van der Waals surface area contributed by atoms with E-state index in [0.29, 0.717) is 43.3 Å². The highest BCUT2D eigenvalue weighted by atomic mass is 16.5. The number of hydrogen-bond acceptors (Lipinski definition) is 5. The summed E-state index contributed by atoms with van der Waals surface area (Å²) in [7, 11) is 1.51. The first-order valence-electron chi connectivity index (χ1n) is 8.54. The number of carbonyl (C=O) groups excluding carboxylic acids is 1. The third-order valence-electron chi connectivity index (χ3n) is 4.45. The molecule has 0 spiro atoms. The highest BCUT2D eigenvalue weighted by Crippen LogP contribution is 2.24. The van der Waals surface area contributed by atoms with Crippen LogP contribution in [0.2, 0.25) is 0 Å². The summed E-state index contributed by atoms with van der Waals surface area (Å²) in [4.78, 5) is 23.3. The Morgan fingerprint density at radius 3 is 2.88 bits per heavy atom. The lowest BCUT2D eigenvalue weighted by Crippen LogP contribution is -2.36. The molecule has 0 saturated carbocycles. The highest BCUT2D eigenvalue weighted by molar-refractivity contribution is 5.96. The van der Waals surface area contributed by atoms with Crippen molar-refractivity contribution < 1.29 is 13.9 Å². The Bertz CT molecular complexity index is 921. The van der Waals surface area contributed by atoms with E-state index in [2.05, 4.69) is 9.97 Å². The van der Waals surface area contributed by atoms with E-state index in [4.69, 9.17) is 9.15 Å². The Kier molecular flexibility index (Phi) is 4.39. The molecule has 4 rings (SSSR count). The molecule has 0 saturated heterocycles. The zero-order valence-electron chi connectivity index (χ0n) is 14.5. The van der Waals surface area contributed by atoms with E-state index in [1.54, 1.807) is 23.2 Å². The third-order valence-corrected chi connectivity index (χ3v) is 4.45. The number of amides is 1. The first-order valence-corrected chi connectivity index (χ1v) is 8.54. The van der Waals surface area contributed by atoms with Gasteiger partial charge in [-0.05, 0) is 17.7 Å². The van der Waals surface area contributed by atoms with Gasteiger partial charge < -0.3 is 14.1 Å². The molecule has 6 heteroatoms. The maximum Gasteiger partial charge on any atom is 0.259 e. The minimum Gasteiger partial charge on any atom is -0.480 e. The first-order chi connectivity index (χ1) is 12.7. The molecule has 0 aliphatic carbocycles. The Morgan fingerprint density at radius 1 is 1.23 bits per heavy atom. The smallest absolute Gasteiger partial charge is 0.259 e. The van der Waals surface area contributed by atoms with Crippen LogP contribution in [0.15, 0.2) is 53.1 Å². The quantitative estimate of drug-likeness (QED) is 0.724. The fourth-order valence-corrected chi connectivity index (χ4v) is 3.16. The molecule has 0 N–H and O–H groups in total. The van der Waals surface area contributed by atoms with Crippen LogP contribution >= 0.6 is 0 Å².